The van der Waals surface area contributed by atoms with Gasteiger partial charge in [-0.3, -0.25) is 0 Å². The fraction of sp³-hybridized carbons (Fsp3) is 0.533. The molecule has 1 fully saturated rings. The van der Waals surface area contributed by atoms with Crippen LogP contribution in [0.1, 0.15) is 30.9 Å². The van der Waals surface area contributed by atoms with E-state index in [1.54, 1.807) is 12.1 Å². The molecule has 1 aliphatic rings. The molecule has 1 aliphatic heterocycles. The SMILES string of the molecule is CC(CN1CCCC1)NCc1ccc(C#N)cc1F. The molecule has 0 aromatic heterocycles. The van der Waals surface area contributed by atoms with E-state index in [4.69, 9.17) is 5.26 Å². The molecule has 0 aliphatic carbocycles. The number of likely N-dealkylation sites (tertiary alicyclic amines) is 1. The van der Waals surface area contributed by atoms with Gasteiger partial charge in [-0.05, 0) is 45.0 Å². The van der Waals surface area contributed by atoms with E-state index in [-0.39, 0.29) is 5.82 Å². The van der Waals surface area contributed by atoms with Crippen LogP contribution in [0, 0.1) is 17.1 Å². The van der Waals surface area contributed by atoms with E-state index in [0.29, 0.717) is 23.7 Å². The van der Waals surface area contributed by atoms with Crippen molar-refractivity contribution in [3.8, 4) is 6.07 Å². The van der Waals surface area contributed by atoms with Crippen molar-refractivity contribution in [1.29, 1.82) is 5.26 Å². The summed E-state index contributed by atoms with van der Waals surface area (Å²) in [4.78, 5) is 2.44. The summed E-state index contributed by atoms with van der Waals surface area (Å²) in [7, 11) is 0. The van der Waals surface area contributed by atoms with Crippen LogP contribution in [0.4, 0.5) is 4.39 Å². The number of hydrogen-bond donors (Lipinski definition) is 1. The highest BCUT2D eigenvalue weighted by Crippen LogP contribution is 2.11. The second-order valence-electron chi connectivity index (χ2n) is 5.21. The number of nitrogens with one attached hydrogen (secondary N) is 1. The first kappa shape index (κ1) is 14.0. The predicted molar refractivity (Wildman–Crippen MR) is 73.1 cm³/mol. The molecular weight excluding hydrogens is 241 g/mol. The highest BCUT2D eigenvalue weighted by molar-refractivity contribution is 5.32. The van der Waals surface area contributed by atoms with Gasteiger partial charge in [0.2, 0.25) is 0 Å². The molecule has 1 heterocycles. The molecular formula is C15H20FN3. The standard InChI is InChI=1S/C15H20FN3/c1-12(11-19-6-2-3-7-19)18-10-14-5-4-13(9-17)8-15(14)16/h4-5,8,12,18H,2-3,6-7,10-11H2,1H3. The molecule has 102 valence electrons. The Morgan fingerprint density at radius 1 is 1.42 bits per heavy atom. The molecule has 0 radical (unpaired) electrons. The molecule has 1 aromatic rings. The van der Waals surface area contributed by atoms with Gasteiger partial charge in [0.1, 0.15) is 5.82 Å². The lowest BCUT2D eigenvalue weighted by Gasteiger charge is -2.21. The van der Waals surface area contributed by atoms with E-state index < -0.39 is 0 Å². The normalized spacial score (nSPS) is 17.3. The third kappa shape index (κ3) is 4.02. The molecule has 19 heavy (non-hydrogen) atoms. The summed E-state index contributed by atoms with van der Waals surface area (Å²) in [6.45, 7) is 6.00. The molecule has 2 rings (SSSR count). The fourth-order valence-corrected chi connectivity index (χ4v) is 2.46. The van der Waals surface area contributed by atoms with Crippen molar-refractivity contribution in [3.05, 3.63) is 35.1 Å². The second-order valence-corrected chi connectivity index (χ2v) is 5.21. The van der Waals surface area contributed by atoms with Crippen molar-refractivity contribution in [3.63, 3.8) is 0 Å². The zero-order valence-electron chi connectivity index (χ0n) is 11.3. The first-order valence-corrected chi connectivity index (χ1v) is 6.83. The maximum atomic E-state index is 13.7. The highest BCUT2D eigenvalue weighted by Gasteiger charge is 2.14. The smallest absolute Gasteiger partial charge is 0.129 e. The maximum absolute atomic E-state index is 13.7. The molecule has 0 bridgehead atoms. The Morgan fingerprint density at radius 3 is 2.79 bits per heavy atom. The fourth-order valence-electron chi connectivity index (χ4n) is 2.46. The molecule has 1 atom stereocenters. The third-order valence-electron chi connectivity index (χ3n) is 3.55. The molecule has 4 heteroatoms. The lowest BCUT2D eigenvalue weighted by molar-refractivity contribution is 0.297. The average Bonchev–Trinajstić information content (AvgIpc) is 2.90. The molecule has 1 unspecified atom stereocenters. The summed E-state index contributed by atoms with van der Waals surface area (Å²) in [5, 5.41) is 12.0. The van der Waals surface area contributed by atoms with E-state index in [9.17, 15) is 4.39 Å². The van der Waals surface area contributed by atoms with Gasteiger partial charge >= 0.3 is 0 Å². The van der Waals surface area contributed by atoms with Crippen molar-refractivity contribution in [1.82, 2.24) is 10.2 Å². The van der Waals surface area contributed by atoms with Gasteiger partial charge in [0.15, 0.2) is 0 Å². The highest BCUT2D eigenvalue weighted by atomic mass is 19.1. The number of nitrogens with zero attached hydrogens (tertiary/aromatic N) is 2. The summed E-state index contributed by atoms with van der Waals surface area (Å²) in [6.07, 6.45) is 2.58. The van der Waals surface area contributed by atoms with Gasteiger partial charge in [-0.15, -0.1) is 0 Å². The van der Waals surface area contributed by atoms with Crippen LogP contribution in [-0.4, -0.2) is 30.6 Å². The topological polar surface area (TPSA) is 39.1 Å². The molecule has 3 nitrogen and oxygen atoms in total. The molecule has 1 saturated heterocycles. The number of halogens is 1. The van der Waals surface area contributed by atoms with Crippen LogP contribution in [-0.2, 0) is 6.54 Å². The predicted octanol–water partition coefficient (Wildman–Crippen LogP) is 2.27. The minimum Gasteiger partial charge on any atom is -0.309 e. The van der Waals surface area contributed by atoms with Crippen LogP contribution in [0.3, 0.4) is 0 Å². The lowest BCUT2D eigenvalue weighted by Crippen LogP contribution is -2.37. The van der Waals surface area contributed by atoms with Crippen LogP contribution in [0.5, 0.6) is 0 Å². The van der Waals surface area contributed by atoms with Gasteiger partial charge in [-0.1, -0.05) is 6.07 Å². The summed E-state index contributed by atoms with van der Waals surface area (Å²) < 4.78 is 13.7. The van der Waals surface area contributed by atoms with E-state index in [1.807, 2.05) is 6.07 Å². The van der Waals surface area contributed by atoms with Crippen molar-refractivity contribution in [2.75, 3.05) is 19.6 Å². The van der Waals surface area contributed by atoms with E-state index in [2.05, 4.69) is 17.1 Å². The van der Waals surface area contributed by atoms with E-state index >= 15 is 0 Å². The quantitative estimate of drug-likeness (QED) is 0.883. The first-order valence-electron chi connectivity index (χ1n) is 6.83. The third-order valence-corrected chi connectivity index (χ3v) is 3.55. The van der Waals surface area contributed by atoms with E-state index in [0.717, 1.165) is 6.54 Å². The van der Waals surface area contributed by atoms with Crippen LogP contribution in [0.15, 0.2) is 18.2 Å². The van der Waals surface area contributed by atoms with Gasteiger partial charge in [0.25, 0.3) is 0 Å². The largest absolute Gasteiger partial charge is 0.309 e. The Kier molecular flexibility index (Phi) is 4.89. The number of benzene rings is 1. The van der Waals surface area contributed by atoms with Gasteiger partial charge < -0.3 is 10.2 Å². The summed E-state index contributed by atoms with van der Waals surface area (Å²) >= 11 is 0. The van der Waals surface area contributed by atoms with Crippen molar-refractivity contribution >= 4 is 0 Å². The van der Waals surface area contributed by atoms with Crippen molar-refractivity contribution < 1.29 is 4.39 Å². The summed E-state index contributed by atoms with van der Waals surface area (Å²) in [5.41, 5.74) is 0.985. The van der Waals surface area contributed by atoms with Gasteiger partial charge in [0, 0.05) is 24.7 Å². The molecule has 0 amide bonds. The minimum atomic E-state index is -0.306. The molecule has 1 aromatic carbocycles. The first-order chi connectivity index (χ1) is 9.19. The lowest BCUT2D eigenvalue weighted by atomic mass is 10.1. The van der Waals surface area contributed by atoms with Crippen LogP contribution in [0.25, 0.3) is 0 Å². The number of hydrogen-bond acceptors (Lipinski definition) is 3. The zero-order valence-corrected chi connectivity index (χ0v) is 11.3. The average molecular weight is 261 g/mol. The Morgan fingerprint density at radius 2 is 2.16 bits per heavy atom. The van der Waals surface area contributed by atoms with Gasteiger partial charge in [-0.2, -0.15) is 5.26 Å². The monoisotopic (exact) mass is 261 g/mol. The Bertz CT molecular complexity index is 461. The minimum absolute atomic E-state index is 0.306. The Labute approximate surface area is 114 Å². The van der Waals surface area contributed by atoms with Crippen LogP contribution in [0.2, 0.25) is 0 Å². The van der Waals surface area contributed by atoms with Crippen LogP contribution >= 0.6 is 0 Å². The van der Waals surface area contributed by atoms with Gasteiger partial charge in [-0.25, -0.2) is 4.39 Å². The second kappa shape index (κ2) is 6.65. The van der Waals surface area contributed by atoms with E-state index in [1.165, 1.54) is 32.0 Å². The van der Waals surface area contributed by atoms with Gasteiger partial charge in [0.05, 0.1) is 11.6 Å². The Hall–Kier alpha value is -1.44. The van der Waals surface area contributed by atoms with Crippen molar-refractivity contribution in [2.24, 2.45) is 0 Å². The summed E-state index contributed by atoms with van der Waals surface area (Å²) in [6, 6.07) is 6.92. The molecule has 0 saturated carbocycles. The number of rotatable bonds is 5. The molecule has 0 spiro atoms. The van der Waals surface area contributed by atoms with Crippen molar-refractivity contribution in [2.45, 2.75) is 32.4 Å². The maximum Gasteiger partial charge on any atom is 0.129 e. The number of nitriles is 1. The summed E-state index contributed by atoms with van der Waals surface area (Å²) in [5.74, 6) is -0.306. The van der Waals surface area contributed by atoms with Crippen LogP contribution < -0.4 is 5.32 Å². The molecule has 1 N–H and O–H groups in total. The Balaban J connectivity index is 1.82. The zero-order chi connectivity index (χ0) is 13.7.